The minimum absolute atomic E-state index is 0.849. The van der Waals surface area contributed by atoms with E-state index in [2.05, 4.69) is 44.2 Å². The number of unbranched alkanes of at least 4 members (excludes halogenated alkanes) is 5. The molecule has 32 heavy (non-hydrogen) atoms. The van der Waals surface area contributed by atoms with E-state index in [-0.39, 0.29) is 0 Å². The van der Waals surface area contributed by atoms with Crippen LogP contribution in [0.1, 0.15) is 122 Å². The highest BCUT2D eigenvalue weighted by Gasteiger charge is 2.28. The van der Waals surface area contributed by atoms with Crippen molar-refractivity contribution in [2.75, 3.05) is 6.61 Å². The van der Waals surface area contributed by atoms with Crippen LogP contribution in [0, 0.1) is 17.8 Å². The highest BCUT2D eigenvalue weighted by Crippen LogP contribution is 2.41. The number of benzene rings is 1. The largest absolute Gasteiger partial charge is 0.494 e. The quantitative estimate of drug-likeness (QED) is 0.207. The first kappa shape index (κ1) is 25.4. The first-order valence-corrected chi connectivity index (χ1v) is 14.2. The summed E-state index contributed by atoms with van der Waals surface area (Å²) in [5, 5.41) is 0. The van der Waals surface area contributed by atoms with Gasteiger partial charge in [-0.15, -0.1) is 0 Å². The van der Waals surface area contributed by atoms with Gasteiger partial charge < -0.3 is 4.74 Å². The Morgan fingerprint density at radius 2 is 1.50 bits per heavy atom. The van der Waals surface area contributed by atoms with E-state index in [1.807, 2.05) is 0 Å². The number of aryl methyl sites for hydroxylation is 1. The third-order valence-electron chi connectivity index (χ3n) is 8.24. The molecule has 1 saturated carbocycles. The second-order valence-corrected chi connectivity index (χ2v) is 10.7. The molecular formula is C31H50O. The maximum Gasteiger partial charge on any atom is 0.119 e. The molecular weight excluding hydrogens is 388 g/mol. The fourth-order valence-electron chi connectivity index (χ4n) is 5.97. The Morgan fingerprint density at radius 1 is 0.750 bits per heavy atom. The average molecular weight is 439 g/mol. The molecule has 1 nitrogen and oxygen atoms in total. The molecule has 1 atom stereocenters. The zero-order valence-corrected chi connectivity index (χ0v) is 21.3. The Balaban J connectivity index is 1.31. The smallest absolute Gasteiger partial charge is 0.119 e. The van der Waals surface area contributed by atoms with Crippen LogP contribution < -0.4 is 4.74 Å². The van der Waals surface area contributed by atoms with Crippen LogP contribution in [0.15, 0.2) is 35.9 Å². The molecule has 1 unspecified atom stereocenters. The first-order valence-electron chi connectivity index (χ1n) is 14.2. The highest BCUT2D eigenvalue weighted by atomic mass is 16.5. The molecule has 0 bridgehead atoms. The van der Waals surface area contributed by atoms with Gasteiger partial charge in [-0.25, -0.2) is 0 Å². The summed E-state index contributed by atoms with van der Waals surface area (Å²) in [5.74, 6) is 4.07. The van der Waals surface area contributed by atoms with Gasteiger partial charge in [0.05, 0.1) is 6.61 Å². The maximum absolute atomic E-state index is 5.85. The molecule has 1 aromatic rings. The van der Waals surface area contributed by atoms with Crippen LogP contribution in [0.2, 0.25) is 0 Å². The molecule has 0 saturated heterocycles. The number of rotatable bonds is 14. The van der Waals surface area contributed by atoms with Gasteiger partial charge in [-0.05, 0) is 86.8 Å². The van der Waals surface area contributed by atoms with Crippen molar-refractivity contribution in [2.24, 2.45) is 17.8 Å². The van der Waals surface area contributed by atoms with E-state index in [9.17, 15) is 0 Å². The number of hydrogen-bond acceptors (Lipinski definition) is 1. The molecule has 0 spiro atoms. The van der Waals surface area contributed by atoms with E-state index < -0.39 is 0 Å². The molecule has 3 rings (SSSR count). The van der Waals surface area contributed by atoms with Crippen molar-refractivity contribution in [3.63, 3.8) is 0 Å². The lowest BCUT2D eigenvalue weighted by atomic mass is 9.70. The second-order valence-electron chi connectivity index (χ2n) is 10.7. The third kappa shape index (κ3) is 8.95. The standard InChI is InChI=1S/C31H50O/c1-3-5-7-8-10-26-13-19-29(20-14-26)30-21-15-27(16-22-30)11-12-28-17-23-31(24-18-28)32-25-9-6-4-2/h15,17-18,23-24,26,29-30H,3-14,16,19-22,25H2,1-2H3. The number of allylic oxidation sites excluding steroid dienone is 2. The van der Waals surface area contributed by atoms with Gasteiger partial charge in [-0.2, -0.15) is 0 Å². The Bertz CT molecular complexity index is 635. The fraction of sp³-hybridized carbons (Fsp3) is 0.742. The molecule has 2 aliphatic rings. The molecule has 0 aromatic heterocycles. The summed E-state index contributed by atoms with van der Waals surface area (Å²) in [4.78, 5) is 0. The first-order chi connectivity index (χ1) is 15.8. The molecule has 0 N–H and O–H groups in total. The van der Waals surface area contributed by atoms with Gasteiger partial charge in [-0.1, -0.05) is 95.4 Å². The van der Waals surface area contributed by atoms with E-state index in [1.54, 1.807) is 5.57 Å². The van der Waals surface area contributed by atoms with Gasteiger partial charge in [0, 0.05) is 0 Å². The van der Waals surface area contributed by atoms with Crippen molar-refractivity contribution in [1.82, 2.24) is 0 Å². The van der Waals surface area contributed by atoms with E-state index >= 15 is 0 Å². The van der Waals surface area contributed by atoms with Gasteiger partial charge in [0.1, 0.15) is 5.75 Å². The Morgan fingerprint density at radius 3 is 2.19 bits per heavy atom. The van der Waals surface area contributed by atoms with Crippen LogP contribution in [0.3, 0.4) is 0 Å². The summed E-state index contributed by atoms with van der Waals surface area (Å²) >= 11 is 0. The molecule has 0 heterocycles. The summed E-state index contributed by atoms with van der Waals surface area (Å²) in [7, 11) is 0. The van der Waals surface area contributed by atoms with E-state index in [4.69, 9.17) is 4.74 Å². The Kier molecular flexibility index (Phi) is 11.8. The molecule has 1 aromatic carbocycles. The van der Waals surface area contributed by atoms with Gasteiger partial charge in [0.25, 0.3) is 0 Å². The topological polar surface area (TPSA) is 9.23 Å². The van der Waals surface area contributed by atoms with Gasteiger partial charge >= 0.3 is 0 Å². The van der Waals surface area contributed by atoms with Crippen LogP contribution in [0.5, 0.6) is 5.75 Å². The van der Waals surface area contributed by atoms with Crippen molar-refractivity contribution in [2.45, 2.75) is 123 Å². The third-order valence-corrected chi connectivity index (χ3v) is 8.24. The van der Waals surface area contributed by atoms with Crippen LogP contribution in [0.4, 0.5) is 0 Å². The summed E-state index contributed by atoms with van der Waals surface area (Å²) < 4.78 is 5.85. The summed E-state index contributed by atoms with van der Waals surface area (Å²) in [6.45, 7) is 5.40. The monoisotopic (exact) mass is 438 g/mol. The summed E-state index contributed by atoms with van der Waals surface area (Å²) in [5.41, 5.74) is 3.16. The predicted molar refractivity (Wildman–Crippen MR) is 139 cm³/mol. The average Bonchev–Trinajstić information content (AvgIpc) is 2.85. The number of ether oxygens (including phenoxy) is 1. The molecule has 0 amide bonds. The van der Waals surface area contributed by atoms with Crippen LogP contribution in [-0.2, 0) is 6.42 Å². The van der Waals surface area contributed by atoms with E-state index in [1.165, 1.54) is 108 Å². The minimum atomic E-state index is 0.849. The van der Waals surface area contributed by atoms with Crippen molar-refractivity contribution in [3.05, 3.63) is 41.5 Å². The number of hydrogen-bond donors (Lipinski definition) is 0. The fourth-order valence-corrected chi connectivity index (χ4v) is 5.97. The van der Waals surface area contributed by atoms with Gasteiger partial charge in [0.2, 0.25) is 0 Å². The molecule has 2 aliphatic carbocycles. The van der Waals surface area contributed by atoms with Gasteiger partial charge in [-0.3, -0.25) is 0 Å². The van der Waals surface area contributed by atoms with Crippen LogP contribution >= 0.6 is 0 Å². The Labute approximate surface area is 199 Å². The van der Waals surface area contributed by atoms with Crippen molar-refractivity contribution < 1.29 is 4.74 Å². The van der Waals surface area contributed by atoms with Crippen molar-refractivity contribution >= 4 is 0 Å². The molecule has 0 aliphatic heterocycles. The summed E-state index contributed by atoms with van der Waals surface area (Å²) in [6, 6.07) is 8.85. The minimum Gasteiger partial charge on any atom is -0.494 e. The predicted octanol–water partition coefficient (Wildman–Crippen LogP) is 9.69. The van der Waals surface area contributed by atoms with Gasteiger partial charge in [0.15, 0.2) is 0 Å². The Hall–Kier alpha value is -1.24. The zero-order valence-electron chi connectivity index (χ0n) is 21.3. The van der Waals surface area contributed by atoms with Crippen molar-refractivity contribution in [3.8, 4) is 5.75 Å². The van der Waals surface area contributed by atoms with Crippen LogP contribution in [0.25, 0.3) is 0 Å². The molecule has 1 heteroatoms. The molecule has 0 radical (unpaired) electrons. The normalized spacial score (nSPS) is 23.7. The highest BCUT2D eigenvalue weighted by molar-refractivity contribution is 5.28. The lowest BCUT2D eigenvalue weighted by molar-refractivity contribution is 0.185. The van der Waals surface area contributed by atoms with Crippen molar-refractivity contribution in [1.29, 1.82) is 0 Å². The zero-order chi connectivity index (χ0) is 22.4. The second kappa shape index (κ2) is 14.8. The molecule has 1 fully saturated rings. The summed E-state index contributed by atoms with van der Waals surface area (Å²) in [6.07, 6.45) is 26.2. The maximum atomic E-state index is 5.85. The lowest BCUT2D eigenvalue weighted by Crippen LogP contribution is -2.23. The molecule has 180 valence electrons. The lowest BCUT2D eigenvalue weighted by Gasteiger charge is -2.35. The van der Waals surface area contributed by atoms with Crippen LogP contribution in [-0.4, -0.2) is 6.61 Å². The SMILES string of the molecule is CCCCCCC1CCC(C2CC=C(CCc3ccc(OCCCCC)cc3)CC2)CC1. The van der Waals surface area contributed by atoms with E-state index in [0.29, 0.717) is 0 Å². The van der Waals surface area contributed by atoms with E-state index in [0.717, 1.165) is 36.5 Å².